The number of nitrogens with zero attached hydrogens (tertiary/aromatic N) is 1. The summed E-state index contributed by atoms with van der Waals surface area (Å²) in [6, 6.07) is 0. The van der Waals surface area contributed by atoms with Crippen molar-refractivity contribution in [2.24, 2.45) is 5.73 Å². The van der Waals surface area contributed by atoms with Crippen LogP contribution < -0.4 is 11.3 Å². The Morgan fingerprint density at radius 3 is 3.00 bits per heavy atom. The minimum atomic E-state index is -0.0885. The molecule has 1 aliphatic carbocycles. The molecule has 0 atom stereocenters. The standard InChI is InChI=1S/C8H11N3O/c9-3-6-7(5-1-2-5)10-4-11-8(6)12/h4-5H,1-3,9H2,(H,10,11,12). The van der Waals surface area contributed by atoms with Gasteiger partial charge in [0.25, 0.3) is 5.56 Å². The summed E-state index contributed by atoms with van der Waals surface area (Å²) in [5.41, 5.74) is 6.93. The molecule has 1 fully saturated rings. The van der Waals surface area contributed by atoms with Gasteiger partial charge < -0.3 is 10.7 Å². The summed E-state index contributed by atoms with van der Waals surface area (Å²) in [5.74, 6) is 0.492. The van der Waals surface area contributed by atoms with Gasteiger partial charge in [-0.3, -0.25) is 4.79 Å². The van der Waals surface area contributed by atoms with Crippen molar-refractivity contribution in [3.63, 3.8) is 0 Å². The SMILES string of the molecule is NCc1c(C2CC2)nc[nH]c1=O. The van der Waals surface area contributed by atoms with Crippen LogP contribution in [0.15, 0.2) is 11.1 Å². The van der Waals surface area contributed by atoms with Gasteiger partial charge in [0.05, 0.1) is 17.6 Å². The maximum absolute atomic E-state index is 11.2. The van der Waals surface area contributed by atoms with Crippen molar-refractivity contribution in [2.75, 3.05) is 0 Å². The maximum Gasteiger partial charge on any atom is 0.255 e. The van der Waals surface area contributed by atoms with Gasteiger partial charge in [0.15, 0.2) is 0 Å². The van der Waals surface area contributed by atoms with E-state index in [0.717, 1.165) is 18.5 Å². The van der Waals surface area contributed by atoms with Gasteiger partial charge in [-0.05, 0) is 12.8 Å². The first-order valence-electron chi connectivity index (χ1n) is 4.09. The largest absolute Gasteiger partial charge is 0.326 e. The molecular formula is C8H11N3O. The molecule has 1 aromatic rings. The van der Waals surface area contributed by atoms with E-state index in [1.165, 1.54) is 6.33 Å². The molecule has 0 aromatic carbocycles. The number of aromatic amines is 1. The van der Waals surface area contributed by atoms with Crippen LogP contribution in [-0.2, 0) is 6.54 Å². The molecule has 64 valence electrons. The van der Waals surface area contributed by atoms with Crippen molar-refractivity contribution >= 4 is 0 Å². The van der Waals surface area contributed by atoms with Crippen molar-refractivity contribution in [3.8, 4) is 0 Å². The van der Waals surface area contributed by atoms with E-state index >= 15 is 0 Å². The third-order valence-corrected chi connectivity index (χ3v) is 2.15. The van der Waals surface area contributed by atoms with Crippen LogP contribution in [0.4, 0.5) is 0 Å². The van der Waals surface area contributed by atoms with Crippen molar-refractivity contribution in [1.82, 2.24) is 9.97 Å². The fraction of sp³-hybridized carbons (Fsp3) is 0.500. The normalized spacial score (nSPS) is 16.4. The molecule has 0 bridgehead atoms. The fourth-order valence-electron chi connectivity index (χ4n) is 1.35. The molecule has 1 heterocycles. The summed E-state index contributed by atoms with van der Waals surface area (Å²) in [6.07, 6.45) is 3.74. The Balaban J connectivity index is 2.51. The van der Waals surface area contributed by atoms with Crippen LogP contribution in [-0.4, -0.2) is 9.97 Å². The van der Waals surface area contributed by atoms with Gasteiger partial charge in [0, 0.05) is 12.5 Å². The average Bonchev–Trinajstić information content (AvgIpc) is 2.86. The molecule has 4 heteroatoms. The third-order valence-electron chi connectivity index (χ3n) is 2.15. The molecule has 1 aliphatic rings. The summed E-state index contributed by atoms with van der Waals surface area (Å²) >= 11 is 0. The van der Waals surface area contributed by atoms with Crippen molar-refractivity contribution in [1.29, 1.82) is 0 Å². The number of nitrogens with two attached hydrogens (primary N) is 1. The molecule has 4 nitrogen and oxygen atoms in total. The quantitative estimate of drug-likeness (QED) is 0.653. The van der Waals surface area contributed by atoms with Crippen LogP contribution in [0, 0.1) is 0 Å². The monoisotopic (exact) mass is 165 g/mol. The Kier molecular flexibility index (Phi) is 1.69. The molecule has 0 unspecified atom stereocenters. The zero-order chi connectivity index (χ0) is 8.55. The van der Waals surface area contributed by atoms with Gasteiger partial charge in [0.2, 0.25) is 0 Å². The zero-order valence-electron chi connectivity index (χ0n) is 6.71. The summed E-state index contributed by atoms with van der Waals surface area (Å²) < 4.78 is 0. The number of hydrogen-bond acceptors (Lipinski definition) is 3. The lowest BCUT2D eigenvalue weighted by molar-refractivity contribution is 0.884. The highest BCUT2D eigenvalue weighted by atomic mass is 16.1. The lowest BCUT2D eigenvalue weighted by atomic mass is 10.1. The molecule has 0 amide bonds. The maximum atomic E-state index is 11.2. The van der Waals surface area contributed by atoms with E-state index in [1.54, 1.807) is 0 Å². The summed E-state index contributed by atoms with van der Waals surface area (Å²) in [7, 11) is 0. The van der Waals surface area contributed by atoms with Crippen molar-refractivity contribution in [3.05, 3.63) is 27.9 Å². The topological polar surface area (TPSA) is 71.8 Å². The van der Waals surface area contributed by atoms with Crippen LogP contribution in [0.2, 0.25) is 0 Å². The zero-order valence-corrected chi connectivity index (χ0v) is 6.71. The number of H-pyrrole nitrogens is 1. The third kappa shape index (κ3) is 1.14. The van der Waals surface area contributed by atoms with Gasteiger partial charge in [0.1, 0.15) is 0 Å². The Hall–Kier alpha value is -1.16. The minimum Gasteiger partial charge on any atom is -0.326 e. The van der Waals surface area contributed by atoms with Gasteiger partial charge in [-0.15, -0.1) is 0 Å². The van der Waals surface area contributed by atoms with Crippen molar-refractivity contribution < 1.29 is 0 Å². The molecule has 0 radical (unpaired) electrons. The van der Waals surface area contributed by atoms with Crippen LogP contribution in [0.25, 0.3) is 0 Å². The Morgan fingerprint density at radius 2 is 2.42 bits per heavy atom. The average molecular weight is 165 g/mol. The number of rotatable bonds is 2. The second kappa shape index (κ2) is 2.71. The van der Waals surface area contributed by atoms with E-state index in [1.807, 2.05) is 0 Å². The van der Waals surface area contributed by atoms with Gasteiger partial charge >= 0.3 is 0 Å². The smallest absolute Gasteiger partial charge is 0.255 e. The van der Waals surface area contributed by atoms with Crippen molar-refractivity contribution in [2.45, 2.75) is 25.3 Å². The van der Waals surface area contributed by atoms with E-state index in [4.69, 9.17) is 5.73 Å². The molecule has 0 aliphatic heterocycles. The number of nitrogens with one attached hydrogen (secondary N) is 1. The van der Waals surface area contributed by atoms with Crippen LogP contribution >= 0.6 is 0 Å². The predicted molar refractivity (Wildman–Crippen MR) is 44.7 cm³/mol. The lowest BCUT2D eigenvalue weighted by Crippen LogP contribution is -2.19. The summed E-state index contributed by atoms with van der Waals surface area (Å²) in [5, 5.41) is 0. The first-order valence-corrected chi connectivity index (χ1v) is 4.09. The highest BCUT2D eigenvalue weighted by molar-refractivity contribution is 5.23. The van der Waals surface area contributed by atoms with Crippen LogP contribution in [0.3, 0.4) is 0 Å². The van der Waals surface area contributed by atoms with Crippen LogP contribution in [0.5, 0.6) is 0 Å². The second-order valence-electron chi connectivity index (χ2n) is 3.07. The van der Waals surface area contributed by atoms with E-state index in [2.05, 4.69) is 9.97 Å². The first kappa shape index (κ1) is 7.49. The van der Waals surface area contributed by atoms with Gasteiger partial charge in [-0.2, -0.15) is 0 Å². The second-order valence-corrected chi connectivity index (χ2v) is 3.07. The van der Waals surface area contributed by atoms with Crippen LogP contribution in [0.1, 0.15) is 30.0 Å². The number of hydrogen-bond donors (Lipinski definition) is 2. The van der Waals surface area contributed by atoms with Gasteiger partial charge in [-0.1, -0.05) is 0 Å². The minimum absolute atomic E-state index is 0.0885. The molecule has 3 N–H and O–H groups in total. The highest BCUT2D eigenvalue weighted by Crippen LogP contribution is 2.39. The highest BCUT2D eigenvalue weighted by Gasteiger charge is 2.27. The molecule has 1 saturated carbocycles. The van der Waals surface area contributed by atoms with E-state index in [0.29, 0.717) is 11.5 Å². The number of aromatic nitrogens is 2. The molecule has 1 aromatic heterocycles. The lowest BCUT2D eigenvalue weighted by Gasteiger charge is -2.01. The van der Waals surface area contributed by atoms with E-state index in [-0.39, 0.29) is 12.1 Å². The van der Waals surface area contributed by atoms with E-state index < -0.39 is 0 Å². The molecule has 12 heavy (non-hydrogen) atoms. The fourth-order valence-corrected chi connectivity index (χ4v) is 1.35. The summed E-state index contributed by atoms with van der Waals surface area (Å²) in [6.45, 7) is 0.287. The first-order chi connectivity index (χ1) is 5.83. The molecular weight excluding hydrogens is 154 g/mol. The molecule has 0 spiro atoms. The van der Waals surface area contributed by atoms with E-state index in [9.17, 15) is 4.79 Å². The molecule has 2 rings (SSSR count). The summed E-state index contributed by atoms with van der Waals surface area (Å²) in [4.78, 5) is 17.9. The predicted octanol–water partition coefficient (Wildman–Crippen LogP) is 0.106. The Labute approximate surface area is 69.8 Å². The Bertz CT molecular complexity index is 340. The Morgan fingerprint density at radius 1 is 1.67 bits per heavy atom. The molecule has 0 saturated heterocycles. The van der Waals surface area contributed by atoms with Gasteiger partial charge in [-0.25, -0.2) is 4.98 Å².